The van der Waals surface area contributed by atoms with Crippen LogP contribution in [0.15, 0.2) is 0 Å². The lowest BCUT2D eigenvalue weighted by Crippen LogP contribution is -2.54. The number of carbonyl (C=O) groups excluding carboxylic acids is 2. The van der Waals surface area contributed by atoms with Gasteiger partial charge in [-0.1, -0.05) is 20.8 Å². The smallest absolute Gasteiger partial charge is 0.229 e. The Bertz CT molecular complexity index is 895. The SMILES string of the molecule is C[C@H](C(=O)N1CCSCC1)[C@H]1CC[C@]2(C)Cc3sc(NC(=O)C4CC4)nc3[C@@H](C)[C@@H]2[C@H]1O. The molecule has 0 unspecified atom stereocenters. The molecule has 176 valence electrons. The summed E-state index contributed by atoms with van der Waals surface area (Å²) in [7, 11) is 0. The molecule has 2 saturated carbocycles. The zero-order valence-electron chi connectivity index (χ0n) is 19.3. The third-order valence-electron chi connectivity index (χ3n) is 8.45. The quantitative estimate of drug-likeness (QED) is 0.690. The number of nitrogens with one attached hydrogen (secondary N) is 1. The Kier molecular flexibility index (Phi) is 6.08. The van der Waals surface area contributed by atoms with E-state index in [4.69, 9.17) is 4.98 Å². The zero-order chi connectivity index (χ0) is 22.6. The molecule has 8 heteroatoms. The first-order valence-electron chi connectivity index (χ1n) is 12.1. The normalized spacial score (nSPS) is 35.6. The van der Waals surface area contributed by atoms with Crippen LogP contribution in [-0.2, 0) is 16.0 Å². The van der Waals surface area contributed by atoms with Crippen molar-refractivity contribution in [3.05, 3.63) is 10.6 Å². The number of aliphatic hydroxyl groups excluding tert-OH is 1. The van der Waals surface area contributed by atoms with Crippen LogP contribution < -0.4 is 5.32 Å². The average molecular weight is 478 g/mol. The van der Waals surface area contributed by atoms with E-state index in [1.807, 2.05) is 23.6 Å². The van der Waals surface area contributed by atoms with Gasteiger partial charge in [-0.15, -0.1) is 11.3 Å². The predicted octanol–water partition coefficient (Wildman–Crippen LogP) is 3.76. The number of hydrogen-bond donors (Lipinski definition) is 2. The Balaban J connectivity index is 1.34. The summed E-state index contributed by atoms with van der Waals surface area (Å²) in [6, 6.07) is 0. The van der Waals surface area contributed by atoms with Crippen LogP contribution >= 0.6 is 23.1 Å². The van der Waals surface area contributed by atoms with Gasteiger partial charge in [-0.2, -0.15) is 11.8 Å². The van der Waals surface area contributed by atoms with Crippen molar-refractivity contribution < 1.29 is 14.7 Å². The molecular formula is C24H35N3O3S2. The number of aliphatic hydroxyl groups is 1. The molecule has 1 aromatic rings. The van der Waals surface area contributed by atoms with Gasteiger partial charge in [-0.3, -0.25) is 9.59 Å². The monoisotopic (exact) mass is 477 g/mol. The van der Waals surface area contributed by atoms with Crippen LogP contribution in [0.5, 0.6) is 0 Å². The number of aromatic nitrogens is 1. The summed E-state index contributed by atoms with van der Waals surface area (Å²) in [5.74, 6) is 2.51. The van der Waals surface area contributed by atoms with E-state index in [9.17, 15) is 14.7 Å². The maximum absolute atomic E-state index is 13.2. The summed E-state index contributed by atoms with van der Waals surface area (Å²) in [5.41, 5.74) is 1.03. The fourth-order valence-electron chi connectivity index (χ4n) is 6.41. The molecule has 0 radical (unpaired) electrons. The van der Waals surface area contributed by atoms with E-state index in [1.165, 1.54) is 4.88 Å². The molecule has 2 heterocycles. The third-order valence-corrected chi connectivity index (χ3v) is 10.4. The van der Waals surface area contributed by atoms with Gasteiger partial charge in [0.2, 0.25) is 11.8 Å². The number of amides is 2. The fourth-order valence-corrected chi connectivity index (χ4v) is 8.58. The van der Waals surface area contributed by atoms with E-state index < -0.39 is 6.10 Å². The van der Waals surface area contributed by atoms with Crippen molar-refractivity contribution in [3.63, 3.8) is 0 Å². The lowest BCUT2D eigenvalue weighted by molar-refractivity contribution is -0.144. The van der Waals surface area contributed by atoms with Crippen LogP contribution in [0.3, 0.4) is 0 Å². The molecule has 4 aliphatic rings. The summed E-state index contributed by atoms with van der Waals surface area (Å²) in [6.45, 7) is 8.14. The number of fused-ring (bicyclic) bond motifs is 2. The van der Waals surface area contributed by atoms with Gasteiger partial charge in [-0.25, -0.2) is 4.98 Å². The van der Waals surface area contributed by atoms with Crippen LogP contribution in [-0.4, -0.2) is 57.5 Å². The summed E-state index contributed by atoms with van der Waals surface area (Å²) in [5, 5.41) is 15.3. The molecule has 5 rings (SSSR count). The average Bonchev–Trinajstić information content (AvgIpc) is 3.55. The topological polar surface area (TPSA) is 82.5 Å². The summed E-state index contributed by atoms with van der Waals surface area (Å²) in [4.78, 5) is 33.5. The molecule has 3 fully saturated rings. The minimum atomic E-state index is -0.513. The fraction of sp³-hybridized carbons (Fsp3) is 0.792. The van der Waals surface area contributed by atoms with E-state index >= 15 is 0 Å². The van der Waals surface area contributed by atoms with E-state index in [-0.39, 0.29) is 46.8 Å². The first kappa shape index (κ1) is 22.7. The minimum absolute atomic E-state index is 0.00281. The van der Waals surface area contributed by atoms with Crippen molar-refractivity contribution in [3.8, 4) is 0 Å². The Morgan fingerprint density at radius 3 is 2.66 bits per heavy atom. The van der Waals surface area contributed by atoms with Crippen molar-refractivity contribution in [1.29, 1.82) is 0 Å². The molecular weight excluding hydrogens is 442 g/mol. The van der Waals surface area contributed by atoms with Gasteiger partial charge in [0.15, 0.2) is 5.13 Å². The Hall–Kier alpha value is -1.12. The van der Waals surface area contributed by atoms with Crippen molar-refractivity contribution in [2.75, 3.05) is 29.9 Å². The van der Waals surface area contributed by atoms with Crippen molar-refractivity contribution in [1.82, 2.24) is 9.88 Å². The molecule has 0 spiro atoms. The van der Waals surface area contributed by atoms with Gasteiger partial charge in [0.1, 0.15) is 0 Å². The Labute approximate surface area is 198 Å². The molecule has 1 aromatic heterocycles. The van der Waals surface area contributed by atoms with Gasteiger partial charge in [0.05, 0.1) is 11.8 Å². The summed E-state index contributed by atoms with van der Waals surface area (Å²) >= 11 is 3.52. The van der Waals surface area contributed by atoms with Gasteiger partial charge >= 0.3 is 0 Å². The van der Waals surface area contributed by atoms with E-state index in [0.29, 0.717) is 5.13 Å². The van der Waals surface area contributed by atoms with Crippen LogP contribution in [0.4, 0.5) is 5.13 Å². The first-order valence-corrected chi connectivity index (χ1v) is 14.1. The Morgan fingerprint density at radius 2 is 1.97 bits per heavy atom. The molecule has 1 saturated heterocycles. The summed E-state index contributed by atoms with van der Waals surface area (Å²) < 4.78 is 0. The van der Waals surface area contributed by atoms with Gasteiger partial charge in [0.25, 0.3) is 0 Å². The maximum Gasteiger partial charge on any atom is 0.229 e. The Morgan fingerprint density at radius 1 is 1.25 bits per heavy atom. The van der Waals surface area contributed by atoms with Crippen molar-refractivity contribution in [2.24, 2.45) is 29.1 Å². The zero-order valence-corrected chi connectivity index (χ0v) is 20.9. The molecule has 3 aliphatic carbocycles. The van der Waals surface area contributed by atoms with Gasteiger partial charge < -0.3 is 15.3 Å². The highest BCUT2D eigenvalue weighted by molar-refractivity contribution is 7.99. The molecule has 2 amide bonds. The van der Waals surface area contributed by atoms with Crippen LogP contribution in [0.2, 0.25) is 0 Å². The molecule has 1 aliphatic heterocycles. The van der Waals surface area contributed by atoms with Gasteiger partial charge in [-0.05, 0) is 49.4 Å². The second-order valence-electron chi connectivity index (χ2n) is 10.7. The highest BCUT2D eigenvalue weighted by Crippen LogP contribution is 2.57. The molecule has 6 nitrogen and oxygen atoms in total. The summed E-state index contributed by atoms with van der Waals surface area (Å²) in [6.07, 6.45) is 4.24. The van der Waals surface area contributed by atoms with E-state index in [1.54, 1.807) is 11.3 Å². The molecule has 0 aromatic carbocycles. The highest BCUT2D eigenvalue weighted by Gasteiger charge is 2.54. The molecule has 0 bridgehead atoms. The van der Waals surface area contributed by atoms with Gasteiger partial charge in [0, 0.05) is 47.2 Å². The van der Waals surface area contributed by atoms with Crippen LogP contribution in [0.1, 0.15) is 62.9 Å². The standard InChI is InChI=1S/C24H35N3O3S2/c1-13(22(30)27-8-10-31-11-9-27)16-6-7-24(3)12-17-19(14(2)18(24)20(16)28)25-23(32-17)26-21(29)15-4-5-15/h13-16,18,20,28H,4-12H2,1-3H3,(H,25,26,29)/t13-,14-,16+,18+,20-,24+/m0/s1. The number of anilines is 1. The number of thiazole rings is 1. The third kappa shape index (κ3) is 4.00. The molecule has 32 heavy (non-hydrogen) atoms. The van der Waals surface area contributed by atoms with Crippen LogP contribution in [0.25, 0.3) is 0 Å². The number of thioether (sulfide) groups is 1. The number of rotatable bonds is 4. The highest BCUT2D eigenvalue weighted by atomic mass is 32.2. The first-order chi connectivity index (χ1) is 15.3. The lowest BCUT2D eigenvalue weighted by Gasteiger charge is -2.53. The predicted molar refractivity (Wildman–Crippen MR) is 129 cm³/mol. The number of nitrogens with zero attached hydrogens (tertiary/aromatic N) is 2. The largest absolute Gasteiger partial charge is 0.392 e. The second kappa shape index (κ2) is 8.58. The van der Waals surface area contributed by atoms with Crippen molar-refractivity contribution >= 4 is 40.0 Å². The molecule has 6 atom stereocenters. The number of hydrogen-bond acceptors (Lipinski definition) is 6. The van der Waals surface area contributed by atoms with Crippen LogP contribution in [0, 0.1) is 29.1 Å². The second-order valence-corrected chi connectivity index (χ2v) is 13.0. The van der Waals surface area contributed by atoms with E-state index in [0.717, 1.165) is 62.4 Å². The lowest BCUT2D eigenvalue weighted by atomic mass is 9.53. The molecule has 2 N–H and O–H groups in total. The number of carbonyl (C=O) groups is 2. The minimum Gasteiger partial charge on any atom is -0.392 e. The maximum atomic E-state index is 13.2. The van der Waals surface area contributed by atoms with Crippen molar-refractivity contribution in [2.45, 2.75) is 64.9 Å². The van der Waals surface area contributed by atoms with E-state index in [2.05, 4.69) is 19.2 Å².